The quantitative estimate of drug-likeness (QED) is 0.432. The van der Waals surface area contributed by atoms with Crippen LogP contribution in [0, 0.1) is 0 Å². The fourth-order valence-electron chi connectivity index (χ4n) is 3.43. The number of benzene rings is 1. The largest absolute Gasteiger partial charge is 0.340 e. The molecule has 148 valence electrons. The summed E-state index contributed by atoms with van der Waals surface area (Å²) in [4.78, 5) is 20.8. The molecule has 1 aromatic carbocycles. The van der Waals surface area contributed by atoms with E-state index in [9.17, 15) is 4.79 Å². The second kappa shape index (κ2) is 8.57. The van der Waals surface area contributed by atoms with Gasteiger partial charge in [-0.3, -0.25) is 4.79 Å². The number of amides is 1. The summed E-state index contributed by atoms with van der Waals surface area (Å²) in [5.74, 6) is -0.0546. The maximum atomic E-state index is 13.3. The molecule has 0 aliphatic heterocycles. The molecule has 3 heterocycles. The van der Waals surface area contributed by atoms with Crippen LogP contribution in [0.2, 0.25) is 0 Å². The Morgan fingerprint density at radius 2 is 1.97 bits per heavy atom. The van der Waals surface area contributed by atoms with Gasteiger partial charge >= 0.3 is 0 Å². The molecule has 0 aliphatic rings. The van der Waals surface area contributed by atoms with Crippen molar-refractivity contribution in [1.82, 2.24) is 19.7 Å². The van der Waals surface area contributed by atoms with Gasteiger partial charge in [-0.05, 0) is 29.5 Å². The molecule has 0 aliphatic carbocycles. The van der Waals surface area contributed by atoms with Crippen LogP contribution in [-0.4, -0.2) is 39.2 Å². The lowest BCUT2D eigenvalue weighted by atomic mass is 10.1. The lowest BCUT2D eigenvalue weighted by Crippen LogP contribution is -2.28. The number of pyridine rings is 1. The number of aromatic nitrogens is 3. The van der Waals surface area contributed by atoms with Crippen molar-refractivity contribution < 1.29 is 4.79 Å². The van der Waals surface area contributed by atoms with E-state index >= 15 is 0 Å². The van der Waals surface area contributed by atoms with E-state index in [1.807, 2.05) is 47.4 Å². The molecule has 0 atom stereocenters. The summed E-state index contributed by atoms with van der Waals surface area (Å²) in [6.45, 7) is 3.42. The SMILES string of the molecule is CCCCN(C)C(=O)c1nn(Cc2ccccc2)c2nccc(-c3cccs3)c12. The van der Waals surface area contributed by atoms with Crippen LogP contribution >= 0.6 is 11.3 Å². The van der Waals surface area contributed by atoms with Gasteiger partial charge in [0.25, 0.3) is 5.91 Å². The van der Waals surface area contributed by atoms with Crippen molar-refractivity contribution in [2.45, 2.75) is 26.3 Å². The predicted molar refractivity (Wildman–Crippen MR) is 118 cm³/mol. The molecule has 0 saturated heterocycles. The molecule has 5 nitrogen and oxygen atoms in total. The lowest BCUT2D eigenvalue weighted by molar-refractivity contribution is 0.0788. The summed E-state index contributed by atoms with van der Waals surface area (Å²) in [5.41, 5.74) is 3.35. The zero-order valence-electron chi connectivity index (χ0n) is 16.7. The number of unbranched alkanes of at least 4 members (excludes halogenated alkanes) is 1. The van der Waals surface area contributed by atoms with Crippen LogP contribution in [0.4, 0.5) is 0 Å². The molecule has 3 aromatic heterocycles. The highest BCUT2D eigenvalue weighted by atomic mass is 32.1. The van der Waals surface area contributed by atoms with Gasteiger partial charge in [-0.25, -0.2) is 9.67 Å². The topological polar surface area (TPSA) is 51.0 Å². The number of carbonyl (C=O) groups excluding carboxylic acids is 1. The van der Waals surface area contributed by atoms with Crippen molar-refractivity contribution in [2.24, 2.45) is 0 Å². The lowest BCUT2D eigenvalue weighted by Gasteiger charge is -2.15. The van der Waals surface area contributed by atoms with E-state index < -0.39 is 0 Å². The molecule has 4 aromatic rings. The van der Waals surface area contributed by atoms with Crippen molar-refractivity contribution in [3.8, 4) is 10.4 Å². The van der Waals surface area contributed by atoms with Crippen molar-refractivity contribution in [3.05, 3.63) is 71.4 Å². The van der Waals surface area contributed by atoms with Crippen LogP contribution in [0.3, 0.4) is 0 Å². The molecule has 0 fully saturated rings. The second-order valence-electron chi connectivity index (χ2n) is 7.11. The van der Waals surface area contributed by atoms with Gasteiger partial charge in [0.05, 0.1) is 11.9 Å². The number of carbonyl (C=O) groups is 1. The van der Waals surface area contributed by atoms with Crippen LogP contribution in [0.15, 0.2) is 60.1 Å². The van der Waals surface area contributed by atoms with Gasteiger partial charge in [0.1, 0.15) is 0 Å². The highest BCUT2D eigenvalue weighted by Gasteiger charge is 2.24. The zero-order valence-corrected chi connectivity index (χ0v) is 17.5. The first kappa shape index (κ1) is 19.3. The fraction of sp³-hybridized carbons (Fsp3) is 0.261. The maximum absolute atomic E-state index is 13.3. The molecule has 0 saturated carbocycles. The van der Waals surface area contributed by atoms with Crippen LogP contribution in [0.1, 0.15) is 35.8 Å². The summed E-state index contributed by atoms with van der Waals surface area (Å²) in [6.07, 6.45) is 3.82. The second-order valence-corrected chi connectivity index (χ2v) is 8.05. The maximum Gasteiger partial charge on any atom is 0.274 e. The normalized spacial score (nSPS) is 11.1. The predicted octanol–water partition coefficient (Wildman–Crippen LogP) is 5.08. The van der Waals surface area contributed by atoms with E-state index in [1.54, 1.807) is 22.4 Å². The third kappa shape index (κ3) is 3.93. The van der Waals surface area contributed by atoms with E-state index in [2.05, 4.69) is 30.1 Å². The Kier molecular flexibility index (Phi) is 5.71. The van der Waals surface area contributed by atoms with Crippen molar-refractivity contribution in [1.29, 1.82) is 0 Å². The highest BCUT2D eigenvalue weighted by Crippen LogP contribution is 2.33. The van der Waals surface area contributed by atoms with Gasteiger partial charge in [-0.1, -0.05) is 49.7 Å². The molecule has 29 heavy (non-hydrogen) atoms. The van der Waals surface area contributed by atoms with Gasteiger partial charge in [0.2, 0.25) is 0 Å². The van der Waals surface area contributed by atoms with Gasteiger partial charge in [0.15, 0.2) is 11.3 Å². The van der Waals surface area contributed by atoms with Crippen molar-refractivity contribution in [2.75, 3.05) is 13.6 Å². The molecule has 6 heteroatoms. The van der Waals surface area contributed by atoms with Crippen LogP contribution in [0.5, 0.6) is 0 Å². The molecule has 0 unspecified atom stereocenters. The third-order valence-corrected chi connectivity index (χ3v) is 5.89. The Morgan fingerprint density at radius 1 is 1.14 bits per heavy atom. The number of nitrogens with zero attached hydrogens (tertiary/aromatic N) is 4. The van der Waals surface area contributed by atoms with Crippen LogP contribution in [-0.2, 0) is 6.54 Å². The average Bonchev–Trinajstić information content (AvgIpc) is 3.41. The first-order valence-electron chi connectivity index (χ1n) is 9.87. The summed E-state index contributed by atoms with van der Waals surface area (Å²) in [6, 6.07) is 16.2. The Labute approximate surface area is 174 Å². The number of fused-ring (bicyclic) bond motifs is 1. The summed E-state index contributed by atoms with van der Waals surface area (Å²) >= 11 is 1.66. The highest BCUT2D eigenvalue weighted by molar-refractivity contribution is 7.13. The fourth-order valence-corrected chi connectivity index (χ4v) is 4.19. The standard InChI is InChI=1S/C23H24N4OS/c1-3-4-14-26(2)23(28)21-20-18(19-11-8-15-29-19)12-13-24-22(20)27(25-21)16-17-9-6-5-7-10-17/h5-13,15H,3-4,14,16H2,1-2H3. The van der Waals surface area contributed by atoms with Gasteiger partial charge in [-0.15, -0.1) is 11.3 Å². The van der Waals surface area contributed by atoms with Crippen LogP contribution < -0.4 is 0 Å². The smallest absolute Gasteiger partial charge is 0.274 e. The molecule has 4 rings (SSSR count). The molecule has 0 spiro atoms. The number of hydrogen-bond acceptors (Lipinski definition) is 4. The Morgan fingerprint density at radius 3 is 2.69 bits per heavy atom. The number of hydrogen-bond donors (Lipinski definition) is 0. The minimum atomic E-state index is -0.0546. The van der Waals surface area contributed by atoms with E-state index in [1.165, 1.54) is 0 Å². The van der Waals surface area contributed by atoms with E-state index in [4.69, 9.17) is 5.10 Å². The Bertz CT molecular complexity index is 1100. The monoisotopic (exact) mass is 404 g/mol. The first-order valence-corrected chi connectivity index (χ1v) is 10.8. The number of thiophene rings is 1. The minimum absolute atomic E-state index is 0.0546. The molecule has 0 radical (unpaired) electrons. The summed E-state index contributed by atoms with van der Waals surface area (Å²) in [5, 5.41) is 7.63. The summed E-state index contributed by atoms with van der Waals surface area (Å²) < 4.78 is 1.85. The third-order valence-electron chi connectivity index (χ3n) is 4.99. The first-order chi connectivity index (χ1) is 14.2. The average molecular weight is 405 g/mol. The summed E-state index contributed by atoms with van der Waals surface area (Å²) in [7, 11) is 1.85. The molecule has 1 amide bonds. The van der Waals surface area contributed by atoms with E-state index in [0.29, 0.717) is 12.2 Å². The Hall–Kier alpha value is -2.99. The molecule has 0 bridgehead atoms. The molecular weight excluding hydrogens is 380 g/mol. The molecule has 0 N–H and O–H groups in total. The Balaban J connectivity index is 1.85. The minimum Gasteiger partial charge on any atom is -0.340 e. The van der Waals surface area contributed by atoms with Crippen molar-refractivity contribution >= 4 is 28.3 Å². The van der Waals surface area contributed by atoms with Gasteiger partial charge in [0, 0.05) is 30.2 Å². The zero-order chi connectivity index (χ0) is 20.2. The van der Waals surface area contributed by atoms with Gasteiger partial charge in [-0.2, -0.15) is 5.10 Å². The van der Waals surface area contributed by atoms with E-state index in [-0.39, 0.29) is 5.91 Å². The molecular formula is C23H24N4OS. The number of rotatable bonds is 7. The van der Waals surface area contributed by atoms with Crippen molar-refractivity contribution in [3.63, 3.8) is 0 Å². The van der Waals surface area contributed by atoms with Gasteiger partial charge < -0.3 is 4.90 Å². The van der Waals surface area contributed by atoms with Crippen LogP contribution in [0.25, 0.3) is 21.5 Å². The van der Waals surface area contributed by atoms with E-state index in [0.717, 1.165) is 46.4 Å².